The molecule has 1 aromatic carbocycles. The Bertz CT molecular complexity index is 1560. The number of pyridine rings is 2. The summed E-state index contributed by atoms with van der Waals surface area (Å²) in [5.74, 6) is -0.197. The van der Waals surface area contributed by atoms with Gasteiger partial charge < -0.3 is 14.2 Å². The van der Waals surface area contributed by atoms with Crippen LogP contribution in [0.1, 0.15) is 43.6 Å². The molecule has 12 heteroatoms. The highest BCUT2D eigenvalue weighted by Crippen LogP contribution is 2.51. The van der Waals surface area contributed by atoms with E-state index in [1.807, 2.05) is 51.1 Å². The van der Waals surface area contributed by atoms with Gasteiger partial charge in [0.15, 0.2) is 0 Å². The molecule has 0 bridgehead atoms. The smallest absolute Gasteiger partial charge is 0.232 e. The number of anilines is 1. The fourth-order valence-corrected chi connectivity index (χ4v) is 5.49. The van der Waals surface area contributed by atoms with Gasteiger partial charge in [0.1, 0.15) is 5.82 Å². The van der Waals surface area contributed by atoms with Crippen LogP contribution in [0.4, 0.5) is 9.52 Å². The molecule has 1 fully saturated rings. The molecule has 6 rings (SSSR count). The zero-order chi connectivity index (χ0) is 28.6. The number of aryl methyl sites for hydroxylation is 1. The summed E-state index contributed by atoms with van der Waals surface area (Å²) < 4.78 is 35.1. The molecule has 0 unspecified atom stereocenters. The van der Waals surface area contributed by atoms with Crippen molar-refractivity contribution in [1.29, 1.82) is 0 Å². The minimum absolute atomic E-state index is 0. The van der Waals surface area contributed by atoms with Crippen molar-refractivity contribution in [3.8, 4) is 23.0 Å². The molecule has 0 radical (unpaired) electrons. The van der Waals surface area contributed by atoms with E-state index in [1.54, 1.807) is 6.07 Å². The number of nitrogens with one attached hydrogen (secondary N) is 2. The Morgan fingerprint density at radius 1 is 1.17 bits per heavy atom. The fourth-order valence-electron chi connectivity index (χ4n) is 5.17. The molecule has 41 heavy (non-hydrogen) atoms. The lowest BCUT2D eigenvalue weighted by Crippen LogP contribution is -2.38. The SMILES string of the molecule is Cc1ccc2c(n1)Oc1nc(-c3ccc(COCN4CCOCC4)c(F)c3)ccc1[C@H]2C(C)(C)C(=O)Nc1n[nH]s1.[HH]. The van der Waals surface area contributed by atoms with Gasteiger partial charge in [0.2, 0.25) is 22.8 Å². The number of amides is 1. The Balaban J connectivity index is 0.00000353. The summed E-state index contributed by atoms with van der Waals surface area (Å²) in [6.45, 7) is 9.23. The zero-order valence-corrected chi connectivity index (χ0v) is 23.9. The largest absolute Gasteiger partial charge is 0.420 e. The van der Waals surface area contributed by atoms with Crippen LogP contribution in [0.15, 0.2) is 42.5 Å². The Morgan fingerprint density at radius 3 is 2.61 bits per heavy atom. The number of rotatable bonds is 8. The molecule has 1 atom stereocenters. The minimum atomic E-state index is -0.902. The first kappa shape index (κ1) is 27.5. The number of nitrogens with zero attached hydrogens (tertiary/aromatic N) is 4. The molecule has 4 aromatic rings. The van der Waals surface area contributed by atoms with Crippen molar-refractivity contribution in [2.75, 3.05) is 38.4 Å². The lowest BCUT2D eigenvalue weighted by molar-refractivity contribution is -0.124. The van der Waals surface area contributed by atoms with Crippen molar-refractivity contribution in [2.24, 2.45) is 5.41 Å². The lowest BCUT2D eigenvalue weighted by atomic mass is 9.70. The Hall–Kier alpha value is -3.71. The Labute approximate surface area is 242 Å². The average molecular weight is 581 g/mol. The van der Waals surface area contributed by atoms with Crippen LogP contribution >= 0.6 is 11.5 Å². The highest BCUT2D eigenvalue weighted by Gasteiger charge is 2.45. The van der Waals surface area contributed by atoms with Gasteiger partial charge >= 0.3 is 0 Å². The van der Waals surface area contributed by atoms with Gasteiger partial charge in [-0.2, -0.15) is 0 Å². The molecule has 2 aliphatic heterocycles. The number of fused-ring (bicyclic) bond motifs is 2. The maximum absolute atomic E-state index is 15.1. The van der Waals surface area contributed by atoms with Crippen LogP contribution in [0.2, 0.25) is 0 Å². The van der Waals surface area contributed by atoms with Crippen molar-refractivity contribution in [2.45, 2.75) is 33.3 Å². The van der Waals surface area contributed by atoms with Gasteiger partial charge in [0.05, 0.1) is 37.7 Å². The maximum Gasteiger partial charge on any atom is 0.232 e. The van der Waals surface area contributed by atoms with Gasteiger partial charge in [-0.1, -0.05) is 38.1 Å². The van der Waals surface area contributed by atoms with Crippen molar-refractivity contribution < 1.29 is 24.8 Å². The third-order valence-corrected chi connectivity index (χ3v) is 8.10. The molecule has 0 spiro atoms. The van der Waals surface area contributed by atoms with E-state index in [9.17, 15) is 4.79 Å². The van der Waals surface area contributed by atoms with E-state index in [-0.39, 0.29) is 19.8 Å². The number of halogens is 1. The molecular formula is C29H33FN6O4S. The van der Waals surface area contributed by atoms with E-state index in [4.69, 9.17) is 19.2 Å². The average Bonchev–Trinajstić information content (AvgIpc) is 2.94. The van der Waals surface area contributed by atoms with E-state index < -0.39 is 11.3 Å². The van der Waals surface area contributed by atoms with Crippen LogP contribution in [-0.2, 0) is 20.9 Å². The molecule has 1 saturated heterocycles. The molecule has 1 amide bonds. The van der Waals surface area contributed by atoms with Gasteiger partial charge in [0, 0.05) is 48.4 Å². The van der Waals surface area contributed by atoms with Crippen LogP contribution in [0, 0.1) is 18.2 Å². The third kappa shape index (κ3) is 5.60. The van der Waals surface area contributed by atoms with E-state index in [0.29, 0.717) is 53.7 Å². The molecule has 2 aliphatic rings. The van der Waals surface area contributed by atoms with Crippen LogP contribution in [0.25, 0.3) is 11.3 Å². The van der Waals surface area contributed by atoms with Gasteiger partial charge in [-0.3, -0.25) is 15.0 Å². The summed E-state index contributed by atoms with van der Waals surface area (Å²) in [5.41, 5.74) is 3.06. The lowest BCUT2D eigenvalue weighted by Gasteiger charge is -2.37. The summed E-state index contributed by atoms with van der Waals surface area (Å²) in [6, 6.07) is 12.6. The number of aromatic amines is 1. The molecule has 0 aliphatic carbocycles. The predicted molar refractivity (Wildman–Crippen MR) is 154 cm³/mol. The van der Waals surface area contributed by atoms with E-state index in [2.05, 4.69) is 24.8 Å². The first-order chi connectivity index (χ1) is 19.8. The third-order valence-electron chi connectivity index (χ3n) is 7.53. The Kier molecular flexibility index (Phi) is 7.56. The van der Waals surface area contributed by atoms with Crippen molar-refractivity contribution in [1.82, 2.24) is 24.5 Å². The number of carbonyl (C=O) groups excluding carboxylic acids is 1. The van der Waals surface area contributed by atoms with Crippen molar-refractivity contribution in [3.05, 3.63) is 70.7 Å². The number of aromatic nitrogens is 4. The molecular weight excluding hydrogens is 547 g/mol. The monoisotopic (exact) mass is 580 g/mol. The van der Waals surface area contributed by atoms with E-state index in [1.165, 1.54) is 17.6 Å². The van der Waals surface area contributed by atoms with Gasteiger partial charge in [-0.15, -0.1) is 5.10 Å². The summed E-state index contributed by atoms with van der Waals surface area (Å²) >= 11 is 1.26. The number of hydrogen-bond acceptors (Lipinski definition) is 9. The molecule has 5 heterocycles. The summed E-state index contributed by atoms with van der Waals surface area (Å²) in [6.07, 6.45) is 0. The summed E-state index contributed by atoms with van der Waals surface area (Å²) in [7, 11) is 0. The number of morpholine rings is 1. The van der Waals surface area contributed by atoms with Gasteiger partial charge in [-0.05, 0) is 36.7 Å². The van der Waals surface area contributed by atoms with Crippen LogP contribution < -0.4 is 10.1 Å². The number of hydrogen-bond donors (Lipinski definition) is 2. The Morgan fingerprint density at radius 2 is 1.90 bits per heavy atom. The van der Waals surface area contributed by atoms with E-state index in [0.717, 1.165) is 29.9 Å². The normalized spacial score (nSPS) is 17.0. The quantitative estimate of drug-likeness (QED) is 0.288. The second kappa shape index (κ2) is 11.3. The topological polar surface area (TPSA) is 114 Å². The molecule has 2 N–H and O–H groups in total. The standard InChI is InChI=1S/C29H31FN6O4S.H2/c1-17-4-7-20-24(29(2,3)27(37)33-28-34-35-41-28)21-8-9-23(32-26(21)40-25(20)31-17)18-5-6-19(22(30)14-18)15-39-16-36-10-12-38-13-11-36;/h4-9,14,24,35H,10-13,15-16H2,1-3H3,(H,33,34,37);1H/t24-;/m0./s1. The first-order valence-electron chi connectivity index (χ1n) is 13.4. The first-order valence-corrected chi connectivity index (χ1v) is 14.3. The number of H-pyrrole nitrogens is 1. The highest BCUT2D eigenvalue weighted by atomic mass is 32.1. The summed E-state index contributed by atoms with van der Waals surface area (Å²) in [5, 5.41) is 7.36. The van der Waals surface area contributed by atoms with Crippen molar-refractivity contribution >= 4 is 22.6 Å². The van der Waals surface area contributed by atoms with Gasteiger partial charge in [0.25, 0.3) is 0 Å². The second-order valence-electron chi connectivity index (χ2n) is 10.8. The number of ether oxygens (including phenoxy) is 3. The highest BCUT2D eigenvalue weighted by molar-refractivity contribution is 7.10. The maximum atomic E-state index is 15.1. The molecule has 0 saturated carbocycles. The minimum Gasteiger partial charge on any atom is -0.420 e. The molecule has 3 aromatic heterocycles. The van der Waals surface area contributed by atoms with Crippen LogP contribution in [0.3, 0.4) is 0 Å². The molecule has 10 nitrogen and oxygen atoms in total. The molecule has 216 valence electrons. The summed E-state index contributed by atoms with van der Waals surface area (Å²) in [4.78, 5) is 24.9. The zero-order valence-electron chi connectivity index (χ0n) is 23.1. The predicted octanol–water partition coefficient (Wildman–Crippen LogP) is 5.33. The van der Waals surface area contributed by atoms with Gasteiger partial charge in [-0.25, -0.2) is 18.8 Å². The van der Waals surface area contributed by atoms with Crippen molar-refractivity contribution in [3.63, 3.8) is 0 Å². The number of carbonyl (C=O) groups is 1. The van der Waals surface area contributed by atoms with Crippen LogP contribution in [0.5, 0.6) is 11.8 Å². The van der Waals surface area contributed by atoms with Crippen LogP contribution in [-0.4, -0.2) is 63.4 Å². The van der Waals surface area contributed by atoms with E-state index >= 15 is 4.39 Å². The second-order valence-corrected chi connectivity index (χ2v) is 11.5. The number of benzene rings is 1. The fraction of sp³-hybridized carbons (Fsp3) is 0.379.